The molecular weight excluding hydrogens is 414 g/mol. The monoisotopic (exact) mass is 439 g/mol. The average Bonchev–Trinajstić information content (AvgIpc) is 3.16. The molecule has 1 N–H and O–H groups in total. The van der Waals surface area contributed by atoms with Crippen LogP contribution in [0.1, 0.15) is 25.7 Å². The van der Waals surface area contributed by atoms with E-state index in [1.165, 1.54) is 22.3 Å². The van der Waals surface area contributed by atoms with Gasteiger partial charge >= 0.3 is 0 Å². The summed E-state index contributed by atoms with van der Waals surface area (Å²) in [5.41, 5.74) is 1.69. The highest BCUT2D eigenvalue weighted by Gasteiger charge is 2.23. The zero-order valence-electron chi connectivity index (χ0n) is 16.7. The molecule has 1 fully saturated rings. The Hall–Kier alpha value is -2.11. The first-order chi connectivity index (χ1) is 13.7. The van der Waals surface area contributed by atoms with Crippen molar-refractivity contribution < 1.29 is 17.6 Å². The van der Waals surface area contributed by atoms with Crippen molar-refractivity contribution in [1.29, 1.82) is 0 Å². The summed E-state index contributed by atoms with van der Waals surface area (Å²) in [7, 11) is -3.14. The fourth-order valence-electron chi connectivity index (χ4n) is 2.87. The summed E-state index contributed by atoms with van der Waals surface area (Å²) in [4.78, 5) is 14.3. The van der Waals surface area contributed by atoms with Crippen LogP contribution in [0.25, 0.3) is 0 Å². The summed E-state index contributed by atoms with van der Waals surface area (Å²) in [6.45, 7) is 6.15. The highest BCUT2D eigenvalue weighted by Crippen LogP contribution is 2.22. The van der Waals surface area contributed by atoms with Crippen LogP contribution < -0.4 is 10.2 Å². The number of carbonyl (C=O) groups is 1. The zero-order chi connectivity index (χ0) is 21.0. The molecule has 1 aliphatic rings. The average molecular weight is 440 g/mol. The van der Waals surface area contributed by atoms with E-state index < -0.39 is 10.0 Å². The van der Waals surface area contributed by atoms with Crippen molar-refractivity contribution in [3.05, 3.63) is 30.2 Å². The van der Waals surface area contributed by atoms with Gasteiger partial charge in [-0.2, -0.15) is 4.31 Å². The van der Waals surface area contributed by atoms with Crippen molar-refractivity contribution in [2.45, 2.75) is 25.0 Å². The second-order valence-electron chi connectivity index (χ2n) is 7.09. The lowest BCUT2D eigenvalue weighted by molar-refractivity contribution is -0.113. The van der Waals surface area contributed by atoms with Gasteiger partial charge in [-0.1, -0.05) is 25.6 Å². The van der Waals surface area contributed by atoms with Gasteiger partial charge in [-0.3, -0.25) is 4.79 Å². The van der Waals surface area contributed by atoms with E-state index in [2.05, 4.69) is 20.4 Å². The smallest absolute Gasteiger partial charge is 0.277 e. The maximum atomic E-state index is 12.1. The van der Waals surface area contributed by atoms with Crippen LogP contribution in [-0.2, 0) is 14.8 Å². The number of rotatable bonds is 7. The number of hydrogen-bond acceptors (Lipinski definition) is 8. The van der Waals surface area contributed by atoms with E-state index in [9.17, 15) is 13.2 Å². The quantitative estimate of drug-likeness (QED) is 0.653. The number of aromatic nitrogens is 2. The van der Waals surface area contributed by atoms with Crippen LogP contribution in [0.2, 0.25) is 0 Å². The fraction of sp³-hybridized carbons (Fsp3) is 0.500. The van der Waals surface area contributed by atoms with E-state index in [1.54, 1.807) is 0 Å². The molecule has 158 valence electrons. The minimum absolute atomic E-state index is 0.151. The van der Waals surface area contributed by atoms with E-state index in [0.29, 0.717) is 43.0 Å². The first kappa shape index (κ1) is 21.6. The van der Waals surface area contributed by atoms with Gasteiger partial charge in [0.15, 0.2) is 0 Å². The summed E-state index contributed by atoms with van der Waals surface area (Å²) < 4.78 is 30.2. The lowest BCUT2D eigenvalue weighted by Gasteiger charge is -2.34. The number of amides is 1. The summed E-state index contributed by atoms with van der Waals surface area (Å²) in [5.74, 6) is 0.725. The lowest BCUT2D eigenvalue weighted by Crippen LogP contribution is -2.48. The number of benzene rings is 1. The van der Waals surface area contributed by atoms with Gasteiger partial charge in [-0.15, -0.1) is 10.2 Å². The number of piperazine rings is 1. The van der Waals surface area contributed by atoms with E-state index >= 15 is 0 Å². The number of nitrogens with zero attached hydrogens (tertiary/aromatic N) is 4. The van der Waals surface area contributed by atoms with Crippen LogP contribution in [0.15, 0.2) is 33.9 Å². The lowest BCUT2D eigenvalue weighted by atomic mass is 10.2. The number of anilines is 2. The predicted octanol–water partition coefficient (Wildman–Crippen LogP) is 2.01. The van der Waals surface area contributed by atoms with Crippen LogP contribution in [0.3, 0.4) is 0 Å². The predicted molar refractivity (Wildman–Crippen MR) is 113 cm³/mol. The molecule has 0 spiro atoms. The molecular formula is C18H25N5O4S2. The Morgan fingerprint density at radius 3 is 2.38 bits per heavy atom. The van der Waals surface area contributed by atoms with Gasteiger partial charge in [-0.25, -0.2) is 8.42 Å². The van der Waals surface area contributed by atoms with Gasteiger partial charge in [0.25, 0.3) is 5.22 Å². The molecule has 1 aromatic carbocycles. The Morgan fingerprint density at radius 2 is 1.83 bits per heavy atom. The van der Waals surface area contributed by atoms with Gasteiger partial charge in [0.1, 0.15) is 0 Å². The van der Waals surface area contributed by atoms with E-state index in [-0.39, 0.29) is 17.6 Å². The second-order valence-corrected chi connectivity index (χ2v) is 10.0. The molecule has 29 heavy (non-hydrogen) atoms. The molecule has 9 nitrogen and oxygen atoms in total. The fourth-order valence-corrected chi connectivity index (χ4v) is 4.27. The summed E-state index contributed by atoms with van der Waals surface area (Å²) in [6.07, 6.45) is 1.24. The first-order valence-corrected chi connectivity index (χ1v) is 12.1. The number of thioether (sulfide) groups is 1. The van der Waals surface area contributed by atoms with Gasteiger partial charge in [0.05, 0.1) is 12.0 Å². The van der Waals surface area contributed by atoms with Crippen LogP contribution in [0.4, 0.5) is 11.4 Å². The molecule has 11 heteroatoms. The van der Waals surface area contributed by atoms with Crippen LogP contribution in [0, 0.1) is 0 Å². The van der Waals surface area contributed by atoms with Crippen molar-refractivity contribution >= 4 is 39.1 Å². The molecule has 0 bridgehead atoms. The topological polar surface area (TPSA) is 109 Å². The van der Waals surface area contributed by atoms with E-state index in [0.717, 1.165) is 5.69 Å². The third kappa shape index (κ3) is 5.94. The number of carbonyl (C=O) groups excluding carboxylic acids is 1. The van der Waals surface area contributed by atoms with E-state index in [1.807, 2.05) is 38.1 Å². The molecule has 2 aromatic rings. The molecule has 0 unspecified atom stereocenters. The second kappa shape index (κ2) is 9.14. The molecule has 0 aliphatic carbocycles. The Labute approximate surface area is 174 Å². The Kier molecular flexibility index (Phi) is 6.81. The van der Waals surface area contributed by atoms with Crippen LogP contribution in [0.5, 0.6) is 0 Å². The Morgan fingerprint density at radius 1 is 1.17 bits per heavy atom. The summed E-state index contributed by atoms with van der Waals surface area (Å²) >= 11 is 1.20. The zero-order valence-corrected chi connectivity index (χ0v) is 18.3. The minimum Gasteiger partial charge on any atom is -0.416 e. The maximum absolute atomic E-state index is 12.1. The van der Waals surface area contributed by atoms with Crippen molar-refractivity contribution in [3.63, 3.8) is 0 Å². The molecule has 0 radical (unpaired) electrons. The van der Waals surface area contributed by atoms with Crippen LogP contribution in [-0.4, -0.2) is 67.0 Å². The molecule has 1 saturated heterocycles. The number of nitrogens with one attached hydrogen (secondary N) is 1. The molecule has 0 atom stereocenters. The van der Waals surface area contributed by atoms with Gasteiger partial charge < -0.3 is 14.6 Å². The largest absolute Gasteiger partial charge is 0.416 e. The summed E-state index contributed by atoms with van der Waals surface area (Å²) in [6, 6.07) is 7.52. The number of sulfonamides is 1. The van der Waals surface area contributed by atoms with Crippen molar-refractivity contribution in [1.82, 2.24) is 14.5 Å². The standard InChI is InChI=1S/C18H25N5O4S2/c1-13(2)17-20-21-18(27-17)28-12-16(24)19-14-4-6-15(7-5-14)22-8-10-23(11-9-22)29(3,25)26/h4-7,13H,8-12H2,1-3H3,(H,19,24). The van der Waals surface area contributed by atoms with Crippen molar-refractivity contribution in [3.8, 4) is 0 Å². The van der Waals surface area contributed by atoms with Gasteiger partial charge in [0.2, 0.25) is 21.8 Å². The SMILES string of the molecule is CC(C)c1nnc(SCC(=O)Nc2ccc(N3CCN(S(C)(=O)=O)CC3)cc2)o1. The number of hydrogen-bond donors (Lipinski definition) is 1. The van der Waals surface area contributed by atoms with Crippen molar-refractivity contribution in [2.75, 3.05) is 48.4 Å². The maximum Gasteiger partial charge on any atom is 0.277 e. The highest BCUT2D eigenvalue weighted by molar-refractivity contribution is 7.99. The Bertz CT molecular complexity index is 935. The third-order valence-corrected chi connectivity index (χ3v) is 6.59. The van der Waals surface area contributed by atoms with Gasteiger partial charge in [-0.05, 0) is 24.3 Å². The third-order valence-electron chi connectivity index (χ3n) is 4.47. The highest BCUT2D eigenvalue weighted by atomic mass is 32.2. The molecule has 1 aliphatic heterocycles. The molecule has 2 heterocycles. The normalized spacial score (nSPS) is 15.7. The minimum atomic E-state index is -3.14. The first-order valence-electron chi connectivity index (χ1n) is 9.28. The summed E-state index contributed by atoms with van der Waals surface area (Å²) in [5, 5.41) is 11.1. The van der Waals surface area contributed by atoms with E-state index in [4.69, 9.17) is 4.42 Å². The molecule has 1 aromatic heterocycles. The Balaban J connectivity index is 1.48. The molecule has 1 amide bonds. The molecule has 0 saturated carbocycles. The molecule has 3 rings (SSSR count). The van der Waals surface area contributed by atoms with Crippen molar-refractivity contribution in [2.24, 2.45) is 0 Å². The van der Waals surface area contributed by atoms with Gasteiger partial charge in [0, 0.05) is 43.5 Å². The van der Waals surface area contributed by atoms with Crippen LogP contribution >= 0.6 is 11.8 Å².